The van der Waals surface area contributed by atoms with Crippen LogP contribution in [0.15, 0.2) is 11.9 Å². The van der Waals surface area contributed by atoms with E-state index in [4.69, 9.17) is 0 Å². The molecule has 0 aliphatic carbocycles. The zero-order valence-electron chi connectivity index (χ0n) is 10.3. The molecule has 0 fully saturated rings. The third-order valence-corrected chi connectivity index (χ3v) is 5.34. The monoisotopic (exact) mass is 200 g/mol. The molecular formula is C12H25P. The van der Waals surface area contributed by atoms with E-state index in [9.17, 15) is 0 Å². The summed E-state index contributed by atoms with van der Waals surface area (Å²) in [5, 5.41) is 0.860. The molecule has 1 heteroatoms. The average Bonchev–Trinajstić information content (AvgIpc) is 1.81. The van der Waals surface area contributed by atoms with E-state index in [0.29, 0.717) is 10.3 Å². The average molecular weight is 200 g/mol. The Morgan fingerprint density at radius 2 is 1.31 bits per heavy atom. The standard InChI is InChI=1S/C12H25P/c1-8-9-10-13(11(2,3)4)12(5,6)7/h9-10H,8H2,1-7H3. The van der Waals surface area contributed by atoms with Crippen molar-refractivity contribution >= 4 is 7.92 Å². The van der Waals surface area contributed by atoms with Crippen LogP contribution >= 0.6 is 7.92 Å². The van der Waals surface area contributed by atoms with E-state index in [1.807, 2.05) is 0 Å². The number of allylic oxidation sites excluding steroid dienone is 1. The zero-order valence-corrected chi connectivity index (χ0v) is 11.2. The Balaban J connectivity index is 4.68. The minimum absolute atomic E-state index is 0.0292. The Morgan fingerprint density at radius 3 is 1.54 bits per heavy atom. The van der Waals surface area contributed by atoms with Gasteiger partial charge >= 0.3 is 0 Å². The lowest BCUT2D eigenvalue weighted by atomic mass is 10.2. The van der Waals surface area contributed by atoms with E-state index in [0.717, 1.165) is 6.42 Å². The summed E-state index contributed by atoms with van der Waals surface area (Å²) in [5.74, 6) is 2.45. The maximum atomic E-state index is 2.45. The zero-order chi connectivity index (χ0) is 10.7. The fraction of sp³-hybridized carbons (Fsp3) is 0.833. The second kappa shape index (κ2) is 4.60. The van der Waals surface area contributed by atoms with Crippen molar-refractivity contribution in [2.24, 2.45) is 0 Å². The molecule has 0 nitrogen and oxygen atoms in total. The maximum Gasteiger partial charge on any atom is -0.0140 e. The summed E-state index contributed by atoms with van der Waals surface area (Å²) in [4.78, 5) is 0. The summed E-state index contributed by atoms with van der Waals surface area (Å²) in [7, 11) is -0.0292. The smallest absolute Gasteiger partial charge is 0.0140 e. The minimum Gasteiger partial charge on any atom is -0.0843 e. The molecule has 0 unspecified atom stereocenters. The third-order valence-electron chi connectivity index (χ3n) is 1.94. The largest absolute Gasteiger partial charge is 0.0843 e. The van der Waals surface area contributed by atoms with Crippen LogP contribution in [-0.2, 0) is 0 Å². The van der Waals surface area contributed by atoms with Crippen molar-refractivity contribution in [1.82, 2.24) is 0 Å². The Morgan fingerprint density at radius 1 is 0.923 bits per heavy atom. The van der Waals surface area contributed by atoms with Crippen LogP contribution in [0.1, 0.15) is 54.9 Å². The molecule has 0 aromatic rings. The van der Waals surface area contributed by atoms with Crippen LogP contribution in [0, 0.1) is 0 Å². The number of hydrogen-bond donors (Lipinski definition) is 0. The molecule has 78 valence electrons. The number of rotatable bonds is 2. The lowest BCUT2D eigenvalue weighted by Gasteiger charge is -2.39. The molecule has 0 rings (SSSR count). The molecule has 0 heterocycles. The lowest BCUT2D eigenvalue weighted by Crippen LogP contribution is -2.23. The first-order chi connectivity index (χ1) is 5.69. The molecule has 0 amide bonds. The van der Waals surface area contributed by atoms with E-state index in [1.54, 1.807) is 0 Å². The van der Waals surface area contributed by atoms with Gasteiger partial charge in [0, 0.05) is 0 Å². The highest BCUT2D eigenvalue weighted by molar-refractivity contribution is 7.63. The van der Waals surface area contributed by atoms with Gasteiger partial charge in [0.05, 0.1) is 0 Å². The van der Waals surface area contributed by atoms with E-state index < -0.39 is 0 Å². The Hall–Kier alpha value is 0.170. The Kier molecular flexibility index (Phi) is 4.66. The van der Waals surface area contributed by atoms with Gasteiger partial charge in [-0.05, 0) is 16.7 Å². The van der Waals surface area contributed by atoms with Gasteiger partial charge in [-0.2, -0.15) is 0 Å². The van der Waals surface area contributed by atoms with Crippen molar-refractivity contribution in [3.05, 3.63) is 11.9 Å². The van der Waals surface area contributed by atoms with E-state index in [2.05, 4.69) is 60.4 Å². The first-order valence-corrected chi connectivity index (χ1v) is 6.56. The van der Waals surface area contributed by atoms with Gasteiger partial charge < -0.3 is 0 Å². The molecule has 0 spiro atoms. The van der Waals surface area contributed by atoms with Gasteiger partial charge in [0.25, 0.3) is 0 Å². The molecule has 0 N–H and O–H groups in total. The van der Waals surface area contributed by atoms with Gasteiger partial charge in [0.2, 0.25) is 0 Å². The van der Waals surface area contributed by atoms with Crippen LogP contribution < -0.4 is 0 Å². The fourth-order valence-corrected chi connectivity index (χ4v) is 4.99. The topological polar surface area (TPSA) is 0 Å². The van der Waals surface area contributed by atoms with Gasteiger partial charge in [-0.1, -0.05) is 68.3 Å². The molecule has 0 aliphatic heterocycles. The summed E-state index contributed by atoms with van der Waals surface area (Å²) in [6.45, 7) is 16.3. The van der Waals surface area contributed by atoms with E-state index in [1.165, 1.54) is 0 Å². The van der Waals surface area contributed by atoms with Gasteiger partial charge in [-0.15, -0.1) is 0 Å². The van der Waals surface area contributed by atoms with Gasteiger partial charge in [0.15, 0.2) is 0 Å². The fourth-order valence-electron chi connectivity index (χ4n) is 1.66. The quantitative estimate of drug-likeness (QED) is 0.551. The second-order valence-electron chi connectivity index (χ2n) is 5.50. The van der Waals surface area contributed by atoms with Crippen molar-refractivity contribution in [3.8, 4) is 0 Å². The minimum atomic E-state index is -0.0292. The predicted octanol–water partition coefficient (Wildman–Crippen LogP) is 4.99. The van der Waals surface area contributed by atoms with Gasteiger partial charge in [-0.25, -0.2) is 0 Å². The van der Waals surface area contributed by atoms with Crippen molar-refractivity contribution in [3.63, 3.8) is 0 Å². The summed E-state index contributed by atoms with van der Waals surface area (Å²) >= 11 is 0. The summed E-state index contributed by atoms with van der Waals surface area (Å²) in [6.07, 6.45) is 3.48. The van der Waals surface area contributed by atoms with Crippen molar-refractivity contribution in [2.75, 3.05) is 0 Å². The predicted molar refractivity (Wildman–Crippen MR) is 65.9 cm³/mol. The van der Waals surface area contributed by atoms with E-state index >= 15 is 0 Å². The van der Waals surface area contributed by atoms with Crippen LogP contribution in [0.25, 0.3) is 0 Å². The summed E-state index contributed by atoms with van der Waals surface area (Å²) in [6, 6.07) is 0. The van der Waals surface area contributed by atoms with Crippen LogP contribution in [0.2, 0.25) is 0 Å². The summed E-state index contributed by atoms with van der Waals surface area (Å²) in [5.41, 5.74) is 0. The highest BCUT2D eigenvalue weighted by Crippen LogP contribution is 2.60. The maximum absolute atomic E-state index is 2.45. The summed E-state index contributed by atoms with van der Waals surface area (Å²) < 4.78 is 0. The first kappa shape index (κ1) is 13.2. The molecule has 0 aromatic heterocycles. The second-order valence-corrected chi connectivity index (χ2v) is 9.23. The third kappa shape index (κ3) is 4.81. The van der Waals surface area contributed by atoms with E-state index in [-0.39, 0.29) is 7.92 Å². The molecule has 0 saturated carbocycles. The molecule has 0 saturated heterocycles. The molecule has 0 aromatic carbocycles. The van der Waals surface area contributed by atoms with Gasteiger partial charge in [0.1, 0.15) is 0 Å². The van der Waals surface area contributed by atoms with Crippen molar-refractivity contribution in [1.29, 1.82) is 0 Å². The first-order valence-electron chi connectivity index (χ1n) is 5.15. The Bertz CT molecular complexity index is 153. The highest BCUT2D eigenvalue weighted by atomic mass is 31.1. The number of hydrogen-bond acceptors (Lipinski definition) is 0. The molecular weight excluding hydrogens is 175 g/mol. The molecule has 13 heavy (non-hydrogen) atoms. The van der Waals surface area contributed by atoms with Crippen LogP contribution in [0.4, 0.5) is 0 Å². The highest BCUT2D eigenvalue weighted by Gasteiger charge is 2.31. The van der Waals surface area contributed by atoms with Gasteiger partial charge in [-0.3, -0.25) is 0 Å². The van der Waals surface area contributed by atoms with Crippen LogP contribution in [0.5, 0.6) is 0 Å². The molecule has 0 atom stereocenters. The van der Waals surface area contributed by atoms with Crippen molar-refractivity contribution < 1.29 is 0 Å². The van der Waals surface area contributed by atoms with Crippen LogP contribution in [-0.4, -0.2) is 10.3 Å². The molecule has 0 radical (unpaired) electrons. The normalized spacial score (nSPS) is 14.5. The van der Waals surface area contributed by atoms with Crippen molar-refractivity contribution in [2.45, 2.75) is 65.2 Å². The Labute approximate surface area is 85.6 Å². The van der Waals surface area contributed by atoms with Crippen LogP contribution in [0.3, 0.4) is 0 Å². The molecule has 0 bridgehead atoms. The lowest BCUT2D eigenvalue weighted by molar-refractivity contribution is 0.714. The molecule has 0 aliphatic rings. The SMILES string of the molecule is CCC=CP(C(C)(C)C)C(C)(C)C.